The van der Waals surface area contributed by atoms with E-state index in [2.05, 4.69) is 18.2 Å². The van der Waals surface area contributed by atoms with Crippen molar-refractivity contribution in [2.75, 3.05) is 0 Å². The Bertz CT molecular complexity index is 408. The Labute approximate surface area is 96.3 Å². The topological polar surface area (TPSA) is 71.4 Å². The molecule has 0 aliphatic heterocycles. The Balaban J connectivity index is 2.31. The molecule has 2 aliphatic carbocycles. The third-order valence-electron chi connectivity index (χ3n) is 4.44. The number of rotatable bonds is 2. The van der Waals surface area contributed by atoms with Gasteiger partial charge in [0.05, 0.1) is 29.5 Å². The van der Waals surface area contributed by atoms with Crippen molar-refractivity contribution in [3.05, 3.63) is 0 Å². The first-order valence-electron chi connectivity index (χ1n) is 5.88. The van der Waals surface area contributed by atoms with E-state index in [1.807, 2.05) is 6.92 Å². The van der Waals surface area contributed by atoms with E-state index in [9.17, 15) is 10.5 Å². The van der Waals surface area contributed by atoms with Crippen LogP contribution in [0.4, 0.5) is 0 Å². The highest BCUT2D eigenvalue weighted by atomic mass is 14.6. The van der Waals surface area contributed by atoms with E-state index < -0.39 is 5.41 Å². The highest BCUT2D eigenvalue weighted by Crippen LogP contribution is 2.61. The lowest BCUT2D eigenvalue weighted by Gasteiger charge is -2.35. The molecule has 0 aromatic carbocycles. The van der Waals surface area contributed by atoms with Crippen molar-refractivity contribution in [2.24, 2.45) is 29.1 Å². The molecule has 0 aromatic heterocycles. The fourth-order valence-corrected chi connectivity index (χ4v) is 3.73. The van der Waals surface area contributed by atoms with Crippen molar-refractivity contribution < 1.29 is 0 Å². The maximum atomic E-state index is 9.47. The predicted octanol–water partition coefficient (Wildman–Crippen LogP) is 2.62. The molecule has 0 amide bonds. The number of nitrogens with zero attached hydrogens (tertiary/aromatic N) is 3. The van der Waals surface area contributed by atoms with Crippen molar-refractivity contribution >= 4 is 0 Å². The predicted molar refractivity (Wildman–Crippen MR) is 57.4 cm³/mol. The average molecular weight is 213 g/mol. The molecule has 0 heterocycles. The molecule has 0 N–H and O–H groups in total. The molecule has 3 heteroatoms. The first kappa shape index (κ1) is 11.0. The van der Waals surface area contributed by atoms with Crippen LogP contribution in [0.15, 0.2) is 0 Å². The molecule has 82 valence electrons. The molecule has 3 nitrogen and oxygen atoms in total. The van der Waals surface area contributed by atoms with Gasteiger partial charge in [-0.15, -0.1) is 0 Å². The first-order chi connectivity index (χ1) is 7.67. The van der Waals surface area contributed by atoms with Crippen molar-refractivity contribution in [3.8, 4) is 18.2 Å². The normalized spacial score (nSPS) is 42.0. The summed E-state index contributed by atoms with van der Waals surface area (Å²) >= 11 is 0. The monoisotopic (exact) mass is 213 g/mol. The van der Waals surface area contributed by atoms with E-state index >= 15 is 0 Å². The second kappa shape index (κ2) is 3.80. The second-order valence-electron chi connectivity index (χ2n) is 5.26. The fourth-order valence-electron chi connectivity index (χ4n) is 3.73. The minimum atomic E-state index is -0.535. The molecule has 0 spiro atoms. The Morgan fingerprint density at radius 1 is 1.31 bits per heavy atom. The average Bonchev–Trinajstić information content (AvgIpc) is 2.87. The molecule has 2 saturated carbocycles. The lowest BCUT2D eigenvalue weighted by Crippen LogP contribution is -2.35. The summed E-state index contributed by atoms with van der Waals surface area (Å²) in [4.78, 5) is 0. The summed E-state index contributed by atoms with van der Waals surface area (Å²) in [6, 6.07) is 6.93. The van der Waals surface area contributed by atoms with Gasteiger partial charge in [-0.25, -0.2) is 0 Å². The SMILES string of the molecule is CC(C#N)CC1(C#N)C2CCC(C2)C1C#N. The maximum absolute atomic E-state index is 9.47. The molecular weight excluding hydrogens is 198 g/mol. The fraction of sp³-hybridized carbons (Fsp3) is 0.769. The summed E-state index contributed by atoms with van der Waals surface area (Å²) in [6.07, 6.45) is 3.74. The van der Waals surface area contributed by atoms with Gasteiger partial charge in [0, 0.05) is 5.92 Å². The second-order valence-corrected chi connectivity index (χ2v) is 5.26. The lowest BCUT2D eigenvalue weighted by atomic mass is 9.64. The van der Waals surface area contributed by atoms with E-state index in [-0.39, 0.29) is 11.8 Å². The zero-order valence-corrected chi connectivity index (χ0v) is 9.48. The molecule has 2 rings (SSSR count). The number of fused-ring (bicyclic) bond motifs is 2. The van der Waals surface area contributed by atoms with Gasteiger partial charge in [0.25, 0.3) is 0 Å². The van der Waals surface area contributed by atoms with Gasteiger partial charge in [0.2, 0.25) is 0 Å². The van der Waals surface area contributed by atoms with Crippen LogP contribution in [0.25, 0.3) is 0 Å². The van der Waals surface area contributed by atoms with Crippen LogP contribution in [0.3, 0.4) is 0 Å². The minimum Gasteiger partial charge on any atom is -0.198 e. The van der Waals surface area contributed by atoms with E-state index in [0.717, 1.165) is 19.3 Å². The van der Waals surface area contributed by atoms with Crippen LogP contribution < -0.4 is 0 Å². The van der Waals surface area contributed by atoms with Crippen molar-refractivity contribution in [1.29, 1.82) is 15.8 Å². The lowest BCUT2D eigenvalue weighted by molar-refractivity contribution is 0.158. The third kappa shape index (κ3) is 1.30. The zero-order valence-electron chi connectivity index (χ0n) is 9.48. The van der Waals surface area contributed by atoms with Crippen LogP contribution in [0.2, 0.25) is 0 Å². The van der Waals surface area contributed by atoms with Crippen LogP contribution in [-0.4, -0.2) is 0 Å². The number of hydrogen-bond donors (Lipinski definition) is 0. The Morgan fingerprint density at radius 2 is 2.06 bits per heavy atom. The highest BCUT2D eigenvalue weighted by Gasteiger charge is 2.59. The van der Waals surface area contributed by atoms with Crippen molar-refractivity contribution in [1.82, 2.24) is 0 Å². The van der Waals surface area contributed by atoms with E-state index in [1.165, 1.54) is 0 Å². The standard InChI is InChI=1S/C13H15N3/c1-9(6-14)5-13(8-16)11-3-2-10(4-11)12(13)7-15/h9-12H,2-5H2,1H3. The first-order valence-corrected chi connectivity index (χ1v) is 5.88. The van der Waals surface area contributed by atoms with Gasteiger partial charge in [-0.2, -0.15) is 15.8 Å². The summed E-state index contributed by atoms with van der Waals surface area (Å²) < 4.78 is 0. The Kier molecular flexibility index (Phi) is 2.61. The van der Waals surface area contributed by atoms with Gasteiger partial charge in [-0.05, 0) is 44.4 Å². The number of nitriles is 3. The van der Waals surface area contributed by atoms with Gasteiger partial charge in [0.1, 0.15) is 0 Å². The van der Waals surface area contributed by atoms with Gasteiger partial charge in [0.15, 0.2) is 0 Å². The van der Waals surface area contributed by atoms with E-state index in [1.54, 1.807) is 0 Å². The minimum absolute atomic E-state index is 0.130. The van der Waals surface area contributed by atoms with E-state index in [0.29, 0.717) is 18.3 Å². The molecule has 2 bridgehead atoms. The van der Waals surface area contributed by atoms with Gasteiger partial charge >= 0.3 is 0 Å². The summed E-state index contributed by atoms with van der Waals surface area (Å²) in [6.45, 7) is 1.85. The van der Waals surface area contributed by atoms with Crippen molar-refractivity contribution in [3.63, 3.8) is 0 Å². The van der Waals surface area contributed by atoms with Crippen LogP contribution in [0.5, 0.6) is 0 Å². The number of hydrogen-bond acceptors (Lipinski definition) is 3. The molecule has 0 saturated heterocycles. The molecule has 0 aromatic rings. The van der Waals surface area contributed by atoms with E-state index in [4.69, 9.17) is 5.26 Å². The van der Waals surface area contributed by atoms with Crippen LogP contribution in [0.1, 0.15) is 32.6 Å². The molecule has 5 unspecified atom stereocenters. The quantitative estimate of drug-likeness (QED) is 0.707. The summed E-state index contributed by atoms with van der Waals surface area (Å²) in [5.41, 5.74) is -0.535. The summed E-state index contributed by atoms with van der Waals surface area (Å²) in [5.74, 6) is 0.477. The molecule has 2 aliphatic rings. The van der Waals surface area contributed by atoms with Gasteiger partial charge in [-0.1, -0.05) is 0 Å². The van der Waals surface area contributed by atoms with Crippen molar-refractivity contribution in [2.45, 2.75) is 32.6 Å². The zero-order chi connectivity index (χ0) is 11.8. The smallest absolute Gasteiger partial charge is 0.0775 e. The molecule has 16 heavy (non-hydrogen) atoms. The van der Waals surface area contributed by atoms with Gasteiger partial charge < -0.3 is 0 Å². The molecular formula is C13H15N3. The highest BCUT2D eigenvalue weighted by molar-refractivity contribution is 5.22. The van der Waals surface area contributed by atoms with Crippen LogP contribution >= 0.6 is 0 Å². The summed E-state index contributed by atoms with van der Waals surface area (Å²) in [7, 11) is 0. The van der Waals surface area contributed by atoms with Crippen LogP contribution in [-0.2, 0) is 0 Å². The molecule has 0 radical (unpaired) electrons. The van der Waals surface area contributed by atoms with Gasteiger partial charge in [-0.3, -0.25) is 0 Å². The summed E-state index contributed by atoms with van der Waals surface area (Å²) in [5, 5.41) is 27.6. The third-order valence-corrected chi connectivity index (χ3v) is 4.44. The largest absolute Gasteiger partial charge is 0.198 e. The molecule has 5 atom stereocenters. The Hall–Kier alpha value is -1.53. The van der Waals surface area contributed by atoms with Crippen LogP contribution in [0, 0.1) is 63.1 Å². The Morgan fingerprint density at radius 3 is 2.62 bits per heavy atom. The maximum Gasteiger partial charge on any atom is 0.0775 e. The molecule has 2 fully saturated rings.